The van der Waals surface area contributed by atoms with Crippen molar-refractivity contribution in [2.45, 2.75) is 206 Å². The van der Waals surface area contributed by atoms with E-state index in [1.54, 1.807) is 0 Å². The number of unbranched alkanes of at least 4 members (excludes halogenated alkanes) is 18. The summed E-state index contributed by atoms with van der Waals surface area (Å²) in [4.78, 5) is 45.2. The zero-order chi connectivity index (χ0) is 35.2. The Bertz CT molecular complexity index is 843. The van der Waals surface area contributed by atoms with Crippen molar-refractivity contribution in [1.29, 1.82) is 0 Å². The summed E-state index contributed by atoms with van der Waals surface area (Å²) in [5, 5.41) is 0. The molecule has 0 aromatic carbocycles. The zero-order valence-corrected chi connectivity index (χ0v) is 31.4. The topological polar surface area (TPSA) is 105 Å². The third kappa shape index (κ3) is 21.1. The van der Waals surface area contributed by atoms with Gasteiger partial charge in [-0.25, -0.2) is 0 Å². The van der Waals surface area contributed by atoms with Gasteiger partial charge in [0.05, 0.1) is 26.1 Å². The first-order valence-corrected chi connectivity index (χ1v) is 19.9. The first-order valence-electron chi connectivity index (χ1n) is 19.9. The summed E-state index contributed by atoms with van der Waals surface area (Å²) in [7, 11) is 2.87. The molecule has 0 bridgehead atoms. The number of hydrogen-bond acceptors (Lipinski definition) is 8. The molecule has 0 aromatic heterocycles. The fourth-order valence-corrected chi connectivity index (χ4v) is 6.71. The number of cyclic esters (lactones) is 2. The van der Waals surface area contributed by atoms with Crippen LogP contribution in [0.5, 0.6) is 0 Å². The van der Waals surface area contributed by atoms with Crippen LogP contribution in [-0.4, -0.2) is 50.3 Å². The molecule has 2 saturated heterocycles. The van der Waals surface area contributed by atoms with Crippen LogP contribution in [0, 0.1) is 11.8 Å². The molecule has 0 spiro atoms. The van der Waals surface area contributed by atoms with Crippen molar-refractivity contribution < 1.29 is 38.1 Å². The molecule has 4 atom stereocenters. The molecule has 4 unspecified atom stereocenters. The van der Waals surface area contributed by atoms with Gasteiger partial charge in [-0.05, 0) is 51.4 Å². The van der Waals surface area contributed by atoms with Crippen LogP contribution in [0.3, 0.4) is 0 Å². The van der Waals surface area contributed by atoms with E-state index in [0.717, 1.165) is 96.3 Å². The minimum absolute atomic E-state index is 0.0108. The lowest BCUT2D eigenvalue weighted by Gasteiger charge is -2.35. The van der Waals surface area contributed by atoms with Crippen molar-refractivity contribution >= 4 is 23.9 Å². The van der Waals surface area contributed by atoms with Gasteiger partial charge in [-0.2, -0.15) is 0 Å². The molecule has 2 rings (SSSR count). The first kappa shape index (κ1) is 43.9. The molecule has 0 aromatic rings. The monoisotopic (exact) mass is 681 g/mol. The SMILES string of the molecule is CCCCCCCCC1C(=O)OC1CCCCCCCC(=O)OC.CCCCCCCCC1OC(=O)C1CCCCCCCC(=O)OC. The van der Waals surface area contributed by atoms with Crippen LogP contribution >= 0.6 is 0 Å². The Hall–Kier alpha value is -2.12. The van der Waals surface area contributed by atoms with E-state index < -0.39 is 0 Å². The van der Waals surface area contributed by atoms with Crippen molar-refractivity contribution in [2.75, 3.05) is 14.2 Å². The minimum Gasteiger partial charge on any atom is -0.469 e. The smallest absolute Gasteiger partial charge is 0.313 e. The predicted octanol–water partition coefficient (Wildman–Crippen LogP) is 10.4. The second-order valence-electron chi connectivity index (χ2n) is 14.0. The average molecular weight is 681 g/mol. The molecule has 0 saturated carbocycles. The maximum Gasteiger partial charge on any atom is 0.313 e. The molecule has 8 heteroatoms. The van der Waals surface area contributed by atoms with E-state index in [0.29, 0.717) is 12.8 Å². The average Bonchev–Trinajstić information content (AvgIpc) is 3.08. The van der Waals surface area contributed by atoms with Gasteiger partial charge in [0, 0.05) is 12.8 Å². The van der Waals surface area contributed by atoms with Crippen LogP contribution in [0.2, 0.25) is 0 Å². The molecule has 48 heavy (non-hydrogen) atoms. The van der Waals surface area contributed by atoms with Crippen LogP contribution in [-0.2, 0) is 38.1 Å². The molecule has 0 radical (unpaired) electrons. The minimum atomic E-state index is -0.121. The summed E-state index contributed by atoms with van der Waals surface area (Å²) < 4.78 is 19.9. The Kier molecular flexibility index (Phi) is 27.2. The lowest BCUT2D eigenvalue weighted by atomic mass is 9.87. The molecule has 2 fully saturated rings. The summed E-state index contributed by atoms with van der Waals surface area (Å²) in [6.45, 7) is 4.46. The largest absolute Gasteiger partial charge is 0.469 e. The van der Waals surface area contributed by atoms with E-state index in [-0.39, 0.29) is 47.9 Å². The second kappa shape index (κ2) is 29.8. The summed E-state index contributed by atoms with van der Waals surface area (Å²) in [5.41, 5.74) is 0. The van der Waals surface area contributed by atoms with E-state index in [4.69, 9.17) is 9.47 Å². The standard InChI is InChI=1S/2C20H36O4/c1-3-4-5-6-9-12-15-18-17(20(22)24-18)14-11-8-7-10-13-16-19(21)23-2;1-3-4-5-6-8-11-14-17-18(24-20(17)22)15-12-9-7-10-13-16-19(21)23-2/h2*17-18H,3-16H2,1-2H3. The van der Waals surface area contributed by atoms with Gasteiger partial charge in [-0.1, -0.05) is 129 Å². The van der Waals surface area contributed by atoms with Crippen LogP contribution in [0.15, 0.2) is 0 Å². The van der Waals surface area contributed by atoms with Gasteiger partial charge in [0.1, 0.15) is 12.2 Å². The van der Waals surface area contributed by atoms with Crippen molar-refractivity contribution in [2.24, 2.45) is 11.8 Å². The maximum atomic E-state index is 11.6. The summed E-state index contributed by atoms with van der Waals surface area (Å²) in [6, 6.07) is 0. The summed E-state index contributed by atoms with van der Waals surface area (Å²) in [6.07, 6.45) is 31.5. The number of carbonyl (C=O) groups is 4. The molecule has 2 aliphatic heterocycles. The Morgan fingerprint density at radius 3 is 1.06 bits per heavy atom. The lowest BCUT2D eigenvalue weighted by Crippen LogP contribution is -2.44. The van der Waals surface area contributed by atoms with E-state index in [2.05, 4.69) is 23.3 Å². The van der Waals surface area contributed by atoms with Gasteiger partial charge >= 0.3 is 23.9 Å². The van der Waals surface area contributed by atoms with Crippen molar-refractivity contribution in [3.63, 3.8) is 0 Å². The van der Waals surface area contributed by atoms with Gasteiger partial charge in [-0.3, -0.25) is 19.2 Å². The molecule has 2 aliphatic rings. The zero-order valence-electron chi connectivity index (χ0n) is 31.4. The molecule has 0 amide bonds. The Morgan fingerprint density at radius 2 is 0.750 bits per heavy atom. The van der Waals surface area contributed by atoms with E-state index in [1.165, 1.54) is 84.8 Å². The highest BCUT2D eigenvalue weighted by molar-refractivity contribution is 5.78. The van der Waals surface area contributed by atoms with Gasteiger partial charge in [0.25, 0.3) is 0 Å². The number of ether oxygens (including phenoxy) is 4. The molecule has 2 heterocycles. The first-order chi connectivity index (χ1) is 23.4. The van der Waals surface area contributed by atoms with Gasteiger partial charge in [-0.15, -0.1) is 0 Å². The summed E-state index contributed by atoms with van der Waals surface area (Å²) >= 11 is 0. The number of carbonyl (C=O) groups excluding carboxylic acids is 4. The second-order valence-corrected chi connectivity index (χ2v) is 14.0. The normalized spacial score (nSPS) is 19.7. The number of esters is 4. The molecule has 0 aliphatic carbocycles. The highest BCUT2D eigenvalue weighted by atomic mass is 16.6. The van der Waals surface area contributed by atoms with E-state index in [9.17, 15) is 19.2 Å². The lowest BCUT2D eigenvalue weighted by molar-refractivity contribution is -0.187. The molecule has 8 nitrogen and oxygen atoms in total. The highest BCUT2D eigenvalue weighted by Gasteiger charge is 2.41. The van der Waals surface area contributed by atoms with Crippen LogP contribution in [0.25, 0.3) is 0 Å². The van der Waals surface area contributed by atoms with E-state index in [1.807, 2.05) is 0 Å². The number of hydrogen-bond donors (Lipinski definition) is 0. The van der Waals surface area contributed by atoms with E-state index >= 15 is 0 Å². The fraction of sp³-hybridized carbons (Fsp3) is 0.900. The Balaban J connectivity index is 0.000000480. The Labute approximate surface area is 293 Å². The quantitative estimate of drug-likeness (QED) is 0.0419. The molecule has 280 valence electrons. The number of methoxy groups -OCH3 is 2. The van der Waals surface area contributed by atoms with Gasteiger partial charge in [0.2, 0.25) is 0 Å². The maximum absolute atomic E-state index is 11.6. The molecular formula is C40H72O8. The third-order valence-electron chi connectivity index (χ3n) is 9.97. The van der Waals surface area contributed by atoms with Crippen molar-refractivity contribution in [3.8, 4) is 0 Å². The van der Waals surface area contributed by atoms with Crippen molar-refractivity contribution in [3.05, 3.63) is 0 Å². The van der Waals surface area contributed by atoms with Crippen LogP contribution in [0.4, 0.5) is 0 Å². The molecule has 0 N–H and O–H groups in total. The predicted molar refractivity (Wildman–Crippen MR) is 191 cm³/mol. The summed E-state index contributed by atoms with van der Waals surface area (Å²) in [5.74, 6) is 0.105. The van der Waals surface area contributed by atoms with Crippen LogP contribution < -0.4 is 0 Å². The highest BCUT2D eigenvalue weighted by Crippen LogP contribution is 2.32. The van der Waals surface area contributed by atoms with Gasteiger partial charge in [0.15, 0.2) is 0 Å². The third-order valence-corrected chi connectivity index (χ3v) is 9.97. The number of rotatable bonds is 30. The van der Waals surface area contributed by atoms with Gasteiger partial charge < -0.3 is 18.9 Å². The van der Waals surface area contributed by atoms with Crippen molar-refractivity contribution in [1.82, 2.24) is 0 Å². The fourth-order valence-electron chi connectivity index (χ4n) is 6.71. The molecular weight excluding hydrogens is 608 g/mol. The Morgan fingerprint density at radius 1 is 0.458 bits per heavy atom. The van der Waals surface area contributed by atoms with Crippen LogP contribution in [0.1, 0.15) is 194 Å².